The first-order valence-electron chi connectivity index (χ1n) is 39.8. The van der Waals surface area contributed by atoms with Crippen molar-refractivity contribution in [3.8, 4) is 55.6 Å². The summed E-state index contributed by atoms with van der Waals surface area (Å²) in [6, 6.07) is 134. The van der Waals surface area contributed by atoms with Crippen molar-refractivity contribution in [1.82, 2.24) is 0 Å². The first kappa shape index (κ1) is 57.1. The maximum atomic E-state index is 10.2. The van der Waals surface area contributed by atoms with Gasteiger partial charge in [-0.3, -0.25) is 0 Å². The smallest absolute Gasteiger partial charge is 0.252 e. The van der Waals surface area contributed by atoms with Gasteiger partial charge in [0.05, 0.1) is 29.6 Å². The number of hydrogen-bond donors (Lipinski definition) is 0. The Kier molecular flexibility index (Phi) is 13.2. The van der Waals surface area contributed by atoms with E-state index >= 15 is 0 Å². The summed E-state index contributed by atoms with van der Waals surface area (Å²) in [7, 11) is 0. The summed E-state index contributed by atoms with van der Waals surface area (Å²) in [5, 5.41) is 14.1. The highest BCUT2D eigenvalue weighted by Gasteiger charge is 2.46. The molecule has 0 atom stereocenters. The predicted molar refractivity (Wildman–Crippen MR) is 464 cm³/mol. The van der Waals surface area contributed by atoms with Crippen LogP contribution < -0.4 is 36.0 Å². The van der Waals surface area contributed by atoms with Crippen molar-refractivity contribution in [2.24, 2.45) is 0 Å². The van der Waals surface area contributed by atoms with Crippen LogP contribution in [0.15, 0.2) is 406 Å². The van der Waals surface area contributed by atoms with Gasteiger partial charge in [-0.05, 0) is 176 Å². The normalized spacial score (nSPS) is 13.0. The molecule has 0 saturated heterocycles. The Bertz CT molecular complexity index is 6680. The lowest BCUT2D eigenvalue weighted by molar-refractivity contribution is 1.24. The quantitative estimate of drug-likeness (QED) is 0.0842. The first-order valence-corrected chi connectivity index (χ1v) is 37.3. The Morgan fingerprint density at radius 3 is 0.945 bits per heavy atom. The van der Waals surface area contributed by atoms with Crippen molar-refractivity contribution in [3.05, 3.63) is 406 Å². The Labute approximate surface area is 640 Å². The van der Waals surface area contributed by atoms with Gasteiger partial charge in [0.15, 0.2) is 0 Å². The van der Waals surface area contributed by atoms with Gasteiger partial charge in [-0.2, -0.15) is 0 Å². The van der Waals surface area contributed by atoms with Crippen molar-refractivity contribution in [1.29, 1.82) is 0 Å². The van der Waals surface area contributed by atoms with Crippen LogP contribution in [0.2, 0.25) is 0 Å². The van der Waals surface area contributed by atoms with Gasteiger partial charge in [0.25, 0.3) is 6.71 Å². The zero-order valence-electron chi connectivity index (χ0n) is 64.2. The summed E-state index contributed by atoms with van der Waals surface area (Å²) in [5.74, 6) is 0. The minimum Gasteiger partial charge on any atom is -0.310 e. The number of para-hydroxylation sites is 4. The summed E-state index contributed by atoms with van der Waals surface area (Å²) in [4.78, 5) is 9.77. The van der Waals surface area contributed by atoms with Crippen molar-refractivity contribution < 1.29 is 6.85 Å². The number of nitrogens with zero attached hydrogens (tertiary/aromatic N) is 4. The molecule has 2 heterocycles. The fourth-order valence-electron chi connectivity index (χ4n) is 18.1. The molecular formula is C104H67BN4. The van der Waals surface area contributed by atoms with Crippen LogP contribution in [0, 0.1) is 0 Å². The van der Waals surface area contributed by atoms with Crippen LogP contribution in [0.3, 0.4) is 0 Å². The number of anilines is 12. The number of fused-ring (bicyclic) bond motifs is 4. The second kappa shape index (κ2) is 25.2. The highest BCUT2D eigenvalue weighted by Crippen LogP contribution is 2.56. The molecule has 0 spiro atoms. The van der Waals surface area contributed by atoms with Gasteiger partial charge >= 0.3 is 0 Å². The first-order chi connectivity index (χ1) is 56.2. The molecule has 22 rings (SSSR count). The van der Waals surface area contributed by atoms with Gasteiger partial charge in [0.1, 0.15) is 0 Å². The Morgan fingerprint density at radius 1 is 0.239 bits per heavy atom. The molecule has 2 aliphatic heterocycles. The third-order valence-corrected chi connectivity index (χ3v) is 22.7. The van der Waals surface area contributed by atoms with E-state index in [-0.39, 0.29) is 17.6 Å². The fraction of sp³-hybridized carbons (Fsp3) is 0. The molecule has 0 aliphatic carbocycles. The van der Waals surface area contributed by atoms with Gasteiger partial charge in [0.2, 0.25) is 0 Å². The largest absolute Gasteiger partial charge is 0.310 e. The lowest BCUT2D eigenvalue weighted by Gasteiger charge is -2.46. The predicted octanol–water partition coefficient (Wildman–Crippen LogP) is 26.8. The summed E-state index contributed by atoms with van der Waals surface area (Å²) >= 11 is 0. The molecule has 4 nitrogen and oxygen atoms in total. The molecule has 2 aliphatic rings. The maximum absolute atomic E-state index is 10.2. The molecular weight excluding hydrogens is 1320 g/mol. The SMILES string of the molecule is [2H]c1c([2H])c([2H])c(-c2cc3c4c(c2)N(c2c(-c5ccccc5)cccc2-c2ccccc2)c2cc(N(c5ccccc5)c5ccc6ccc7cccc8ccc5c6c78)ccc2B4c2ccc(N(c4ccccc4)c4ccc5ccc6cccc7ccc4c5c67)cc2N3c2c(-c3ccccc3)cccc2-c2ccccc2)c([2H])c1[2H]. The zero-order valence-corrected chi connectivity index (χ0v) is 59.2. The molecule has 0 radical (unpaired) electrons. The van der Waals surface area contributed by atoms with Crippen molar-refractivity contribution >= 4 is 156 Å². The molecule has 0 unspecified atom stereocenters. The number of hydrogen-bond acceptors (Lipinski definition) is 4. The molecule has 5 heteroatoms. The van der Waals surface area contributed by atoms with Gasteiger partial charge in [-0.15, -0.1) is 0 Å². The van der Waals surface area contributed by atoms with Crippen LogP contribution in [0.25, 0.3) is 120 Å². The number of benzene rings is 20. The molecule has 506 valence electrons. The average Bonchev–Trinajstić information content (AvgIpc) is 0.685. The van der Waals surface area contributed by atoms with E-state index in [4.69, 9.17) is 1.37 Å². The monoisotopic (exact) mass is 1390 g/mol. The maximum Gasteiger partial charge on any atom is 0.252 e. The van der Waals surface area contributed by atoms with Crippen LogP contribution in [-0.4, -0.2) is 6.71 Å². The fourth-order valence-corrected chi connectivity index (χ4v) is 18.1. The van der Waals surface area contributed by atoms with E-state index in [1.54, 1.807) is 0 Å². The molecule has 20 aromatic rings. The molecule has 0 aromatic heterocycles. The molecule has 0 N–H and O–H groups in total. The van der Waals surface area contributed by atoms with Gasteiger partial charge < -0.3 is 19.6 Å². The van der Waals surface area contributed by atoms with Crippen LogP contribution >= 0.6 is 0 Å². The lowest BCUT2D eigenvalue weighted by atomic mass is 9.33. The van der Waals surface area contributed by atoms with E-state index < -0.39 is 24.8 Å². The minimum atomic E-state index is -0.516. The standard InChI is InChI=1S/C104H67BN4/c1-8-26-68(27-9-1)79-64-96-102-97(65-79)109(104-86(71-32-14-4-15-33-71)46-25-47-87(104)72-34-16-5-17-35-72)95-67-83(107(81-42-20-7-21-43-81)93-63-55-78-51-49-74-37-23-39-76-53-59-89(93)101(78)99(74)76)57-61-91(95)105(102)90-60-56-82(66-94(90)108(96)103-84(69-28-10-2-11-29-69)44-24-45-85(103)70-30-12-3-13-31-70)106(80-40-18-6-19-41-80)92-62-54-77-50-48-73-36-22-38-75-52-58-88(92)100(77)98(73)75/h1-67H/i1D,8D,9D,26D,27D. The van der Waals surface area contributed by atoms with E-state index in [0.717, 1.165) is 151 Å². The average molecular weight is 1390 g/mol. The van der Waals surface area contributed by atoms with E-state index in [9.17, 15) is 5.48 Å². The summed E-state index contributed by atoms with van der Waals surface area (Å²) in [5.41, 5.74) is 22.3. The molecule has 0 fully saturated rings. The minimum absolute atomic E-state index is 0.0865. The third kappa shape index (κ3) is 9.94. The second-order valence-corrected chi connectivity index (χ2v) is 28.6. The van der Waals surface area contributed by atoms with Gasteiger partial charge in [0, 0.05) is 78.5 Å². The summed E-state index contributed by atoms with van der Waals surface area (Å²) < 4.78 is 48.6. The molecule has 0 bridgehead atoms. The molecule has 0 amide bonds. The highest BCUT2D eigenvalue weighted by atomic mass is 15.2. The van der Waals surface area contributed by atoms with Gasteiger partial charge in [-0.25, -0.2) is 0 Å². The lowest BCUT2D eigenvalue weighted by Crippen LogP contribution is -2.61. The van der Waals surface area contributed by atoms with Crippen molar-refractivity contribution in [2.75, 3.05) is 19.6 Å². The van der Waals surface area contributed by atoms with E-state index in [1.165, 1.54) is 43.1 Å². The van der Waals surface area contributed by atoms with E-state index in [2.05, 4.69) is 396 Å². The van der Waals surface area contributed by atoms with E-state index in [1.807, 2.05) is 0 Å². The van der Waals surface area contributed by atoms with Crippen LogP contribution in [0.1, 0.15) is 6.85 Å². The van der Waals surface area contributed by atoms with E-state index in [0.29, 0.717) is 5.56 Å². The highest BCUT2D eigenvalue weighted by molar-refractivity contribution is 7.00. The summed E-state index contributed by atoms with van der Waals surface area (Å²) in [6.07, 6.45) is 0. The van der Waals surface area contributed by atoms with Crippen molar-refractivity contribution in [2.45, 2.75) is 0 Å². The topological polar surface area (TPSA) is 13.0 Å². The molecule has 0 saturated carbocycles. The third-order valence-electron chi connectivity index (χ3n) is 22.7. The van der Waals surface area contributed by atoms with Crippen molar-refractivity contribution in [3.63, 3.8) is 0 Å². The zero-order chi connectivity index (χ0) is 76.0. The van der Waals surface area contributed by atoms with Crippen LogP contribution in [0.5, 0.6) is 0 Å². The Hall–Kier alpha value is -14.3. The van der Waals surface area contributed by atoms with Gasteiger partial charge in [-0.1, -0.05) is 334 Å². The second-order valence-electron chi connectivity index (χ2n) is 28.6. The Morgan fingerprint density at radius 2 is 0.569 bits per heavy atom. The summed E-state index contributed by atoms with van der Waals surface area (Å²) in [6.45, 7) is -0.516. The Balaban J connectivity index is 0.908. The van der Waals surface area contributed by atoms with Crippen LogP contribution in [0.4, 0.5) is 68.2 Å². The number of rotatable bonds is 13. The van der Waals surface area contributed by atoms with Crippen LogP contribution in [-0.2, 0) is 0 Å². The molecule has 20 aromatic carbocycles. The molecule has 109 heavy (non-hydrogen) atoms.